The number of benzene rings is 1. The van der Waals surface area contributed by atoms with E-state index in [0.29, 0.717) is 5.57 Å². The maximum Gasteiger partial charge on any atom is 0.172 e. The summed E-state index contributed by atoms with van der Waals surface area (Å²) < 4.78 is 8.23. The van der Waals surface area contributed by atoms with Crippen molar-refractivity contribution in [2.75, 3.05) is 19.0 Å². The molecule has 0 unspecified atom stereocenters. The monoisotopic (exact) mass is 468 g/mol. The zero-order chi connectivity index (χ0) is 23.8. The molecule has 0 amide bonds. The number of ether oxygens (including phenoxy) is 1. The first-order valence-corrected chi connectivity index (χ1v) is 11.8. The average molecular weight is 469 g/mol. The summed E-state index contributed by atoms with van der Waals surface area (Å²) in [6.45, 7) is 3.65. The van der Waals surface area contributed by atoms with E-state index in [4.69, 9.17) is 4.74 Å². The van der Waals surface area contributed by atoms with Crippen molar-refractivity contribution in [3.05, 3.63) is 69.8 Å². The van der Waals surface area contributed by atoms with E-state index in [1.54, 1.807) is 22.7 Å². The normalized spacial score (nSPS) is 14.8. The molecule has 0 bridgehead atoms. The fraction of sp³-hybridized carbons (Fsp3) is 0.192. The number of hydrogen-bond donors (Lipinski definition) is 0. The Hall–Kier alpha value is -3.83. The summed E-state index contributed by atoms with van der Waals surface area (Å²) in [5.41, 5.74) is 2.26. The van der Waals surface area contributed by atoms with Crippen molar-refractivity contribution in [3.63, 3.8) is 0 Å². The number of rotatable bonds is 4. The first-order chi connectivity index (χ1) is 15.8. The van der Waals surface area contributed by atoms with E-state index < -0.39 is 5.60 Å². The minimum Gasteiger partial charge on any atom is -0.480 e. The Morgan fingerprint density at radius 3 is 2.21 bits per heavy atom. The summed E-state index contributed by atoms with van der Waals surface area (Å²) in [6, 6.07) is 18.6. The van der Waals surface area contributed by atoms with Gasteiger partial charge in [-0.1, -0.05) is 18.2 Å². The second-order valence-corrected chi connectivity index (χ2v) is 10.4. The summed E-state index contributed by atoms with van der Waals surface area (Å²) in [5.74, 6) is 0.0595. The Kier molecular flexibility index (Phi) is 5.83. The molecule has 33 heavy (non-hydrogen) atoms. The SMILES string of the molecule is CN(C)c1ccc(-c2cc3sc(/C=C/C4=C(C#N)C(=C(C#N)C#N)OC4(C)C)cc3s2)cc1. The van der Waals surface area contributed by atoms with Crippen LogP contribution in [0, 0.1) is 34.0 Å². The summed E-state index contributed by atoms with van der Waals surface area (Å²) >= 11 is 3.43. The molecule has 0 aliphatic carbocycles. The van der Waals surface area contributed by atoms with Gasteiger partial charge in [0.1, 0.15) is 29.4 Å². The van der Waals surface area contributed by atoms with Gasteiger partial charge in [0.2, 0.25) is 0 Å². The van der Waals surface area contributed by atoms with Gasteiger partial charge in [-0.25, -0.2) is 0 Å². The molecule has 0 spiro atoms. The number of thiophene rings is 2. The lowest BCUT2D eigenvalue weighted by molar-refractivity contribution is 0.0954. The molecular formula is C26H20N4OS2. The van der Waals surface area contributed by atoms with Crippen LogP contribution in [0.1, 0.15) is 18.7 Å². The minimum atomic E-state index is -0.809. The molecule has 0 radical (unpaired) electrons. The van der Waals surface area contributed by atoms with E-state index >= 15 is 0 Å². The number of nitriles is 3. The van der Waals surface area contributed by atoms with Crippen LogP contribution in [0.15, 0.2) is 65.0 Å². The first kappa shape index (κ1) is 22.4. The van der Waals surface area contributed by atoms with Crippen LogP contribution in [-0.2, 0) is 4.74 Å². The first-order valence-electron chi connectivity index (χ1n) is 10.2. The van der Waals surface area contributed by atoms with Crippen LogP contribution in [0.25, 0.3) is 25.9 Å². The number of allylic oxidation sites excluding steroid dienone is 2. The van der Waals surface area contributed by atoms with Gasteiger partial charge < -0.3 is 9.64 Å². The third-order valence-corrected chi connectivity index (χ3v) is 7.68. The Labute approximate surface area is 201 Å². The van der Waals surface area contributed by atoms with Gasteiger partial charge in [-0.2, -0.15) is 15.8 Å². The lowest BCUT2D eigenvalue weighted by Crippen LogP contribution is -2.20. The van der Waals surface area contributed by atoms with E-state index in [1.807, 2.05) is 52.2 Å². The smallest absolute Gasteiger partial charge is 0.172 e. The highest BCUT2D eigenvalue weighted by Crippen LogP contribution is 2.42. The highest BCUT2D eigenvalue weighted by molar-refractivity contribution is 7.29. The second kappa shape index (κ2) is 8.60. The molecule has 0 N–H and O–H groups in total. The molecule has 0 fully saturated rings. The predicted molar refractivity (Wildman–Crippen MR) is 135 cm³/mol. The van der Waals surface area contributed by atoms with Crippen LogP contribution in [0.5, 0.6) is 0 Å². The van der Waals surface area contributed by atoms with E-state index in [0.717, 1.165) is 4.88 Å². The maximum absolute atomic E-state index is 9.67. The molecule has 0 atom stereocenters. The summed E-state index contributed by atoms with van der Waals surface area (Å²) in [6.07, 6.45) is 3.82. The van der Waals surface area contributed by atoms with Gasteiger partial charge in [0, 0.05) is 44.5 Å². The molecule has 5 nitrogen and oxygen atoms in total. The Balaban J connectivity index is 1.65. The average Bonchev–Trinajstić information content (AvgIpc) is 3.42. The van der Waals surface area contributed by atoms with Gasteiger partial charge in [0.25, 0.3) is 0 Å². The predicted octanol–water partition coefficient (Wildman–Crippen LogP) is 6.64. The molecule has 2 aromatic heterocycles. The fourth-order valence-electron chi connectivity index (χ4n) is 3.65. The molecule has 3 aromatic rings. The van der Waals surface area contributed by atoms with Gasteiger partial charge in [-0.05, 0) is 49.8 Å². The van der Waals surface area contributed by atoms with Gasteiger partial charge >= 0.3 is 0 Å². The van der Waals surface area contributed by atoms with Gasteiger partial charge in [-0.3, -0.25) is 0 Å². The van der Waals surface area contributed by atoms with Crippen molar-refractivity contribution in [1.29, 1.82) is 15.8 Å². The third kappa shape index (κ3) is 4.15. The summed E-state index contributed by atoms with van der Waals surface area (Å²) in [4.78, 5) is 4.37. The number of nitrogens with zero attached hydrogens (tertiary/aromatic N) is 4. The molecule has 1 aliphatic rings. The van der Waals surface area contributed by atoms with Gasteiger partial charge in [-0.15, -0.1) is 22.7 Å². The lowest BCUT2D eigenvalue weighted by atomic mass is 9.94. The van der Waals surface area contributed by atoms with E-state index in [-0.39, 0.29) is 16.9 Å². The molecule has 0 saturated heterocycles. The standard InChI is InChI=1S/C26H20N4OS2/c1-26(2)21(20(15-29)25(31-26)17(13-27)14-28)10-9-19-11-23-24(32-19)12-22(33-23)16-5-7-18(8-6-16)30(3)4/h5-12H,1-4H3/b10-9+. The van der Waals surface area contributed by atoms with Gasteiger partial charge in [0.15, 0.2) is 11.3 Å². The van der Waals surface area contributed by atoms with Crippen LogP contribution in [0.3, 0.4) is 0 Å². The van der Waals surface area contributed by atoms with Crippen LogP contribution >= 0.6 is 22.7 Å². The second-order valence-electron chi connectivity index (χ2n) is 8.20. The van der Waals surface area contributed by atoms with Crippen LogP contribution in [0.4, 0.5) is 5.69 Å². The van der Waals surface area contributed by atoms with E-state index in [1.165, 1.54) is 25.5 Å². The largest absolute Gasteiger partial charge is 0.480 e. The van der Waals surface area contributed by atoms with Crippen LogP contribution in [-0.4, -0.2) is 19.7 Å². The Morgan fingerprint density at radius 1 is 0.970 bits per heavy atom. The van der Waals surface area contributed by atoms with Crippen molar-refractivity contribution < 1.29 is 4.74 Å². The lowest BCUT2D eigenvalue weighted by Gasteiger charge is -2.20. The van der Waals surface area contributed by atoms with Gasteiger partial charge in [0.05, 0.1) is 0 Å². The van der Waals surface area contributed by atoms with Crippen molar-refractivity contribution >= 4 is 43.8 Å². The fourth-order valence-corrected chi connectivity index (χ4v) is 5.97. The number of fused-ring (bicyclic) bond motifs is 1. The van der Waals surface area contributed by atoms with Crippen molar-refractivity contribution in [2.45, 2.75) is 19.4 Å². The quantitative estimate of drug-likeness (QED) is 0.401. The number of anilines is 1. The Morgan fingerprint density at radius 2 is 1.64 bits per heavy atom. The van der Waals surface area contributed by atoms with Crippen LogP contribution < -0.4 is 4.90 Å². The van der Waals surface area contributed by atoms with Crippen molar-refractivity contribution in [3.8, 4) is 28.6 Å². The third-order valence-electron chi connectivity index (χ3n) is 5.37. The molecular weight excluding hydrogens is 448 g/mol. The van der Waals surface area contributed by atoms with E-state index in [2.05, 4.69) is 47.4 Å². The highest BCUT2D eigenvalue weighted by atomic mass is 32.1. The molecule has 3 heterocycles. The van der Waals surface area contributed by atoms with E-state index in [9.17, 15) is 15.8 Å². The molecule has 162 valence electrons. The molecule has 0 saturated carbocycles. The molecule has 1 aliphatic heterocycles. The minimum absolute atomic E-state index is 0.0595. The van der Waals surface area contributed by atoms with Crippen LogP contribution in [0.2, 0.25) is 0 Å². The number of hydrogen-bond acceptors (Lipinski definition) is 7. The maximum atomic E-state index is 9.67. The zero-order valence-corrected chi connectivity index (χ0v) is 20.3. The highest BCUT2D eigenvalue weighted by Gasteiger charge is 2.38. The summed E-state index contributed by atoms with van der Waals surface area (Å²) in [7, 11) is 4.06. The molecule has 1 aromatic carbocycles. The zero-order valence-electron chi connectivity index (χ0n) is 18.6. The Bertz CT molecular complexity index is 1410. The molecule has 4 rings (SSSR count). The summed E-state index contributed by atoms with van der Waals surface area (Å²) in [5, 5.41) is 28.1. The molecule has 7 heteroatoms. The van der Waals surface area contributed by atoms with Crippen molar-refractivity contribution in [1.82, 2.24) is 0 Å². The van der Waals surface area contributed by atoms with Crippen molar-refractivity contribution in [2.24, 2.45) is 0 Å². The topological polar surface area (TPSA) is 83.8 Å².